The Balaban J connectivity index is 0.00000684. The van der Waals surface area contributed by atoms with Crippen LogP contribution in [0.3, 0.4) is 0 Å². The Bertz CT molecular complexity index is 878. The number of amides is 1. The molecule has 2 aromatic rings. The molecule has 0 unspecified atom stereocenters. The van der Waals surface area contributed by atoms with E-state index in [2.05, 4.69) is 36.0 Å². The van der Waals surface area contributed by atoms with Crippen molar-refractivity contribution >= 4 is 17.5 Å². The Kier molecular flexibility index (Phi) is 19.6. The molecule has 1 aromatic heterocycles. The molecule has 37 heavy (non-hydrogen) atoms. The maximum atomic E-state index is 12.5. The molecule has 0 saturated heterocycles. The zero-order chi connectivity index (χ0) is 25.8. The van der Waals surface area contributed by atoms with E-state index in [1.165, 1.54) is 70.6 Å². The molecule has 0 saturated carbocycles. The standard InChI is InChI=1S/C31H47ClN2O2.HI/c1-3-5-6-7-8-9-10-11-12-13-14-17-23-36-30-20-19-27(24-29(30)32)25-31(35)33-26-28-18-15-16-22-34(28)21-4-2;/h15-16,18-20,22,24H,3-14,17,21,23,25-26H2,1-2H3;1H. The number of hydrogen-bond donors (Lipinski definition) is 1. The number of nitrogens with one attached hydrogen (secondary N) is 1. The van der Waals surface area contributed by atoms with Crippen molar-refractivity contribution in [3.63, 3.8) is 0 Å². The number of aromatic nitrogens is 1. The SMILES string of the molecule is CCCCCCCCCCCCCCOc1ccc(CC(=O)NCc2cccc[n+]2CCC)cc1Cl.[I-]. The summed E-state index contributed by atoms with van der Waals surface area (Å²) >= 11 is 6.43. The maximum Gasteiger partial charge on any atom is 0.224 e. The number of carbonyl (C=O) groups excluding carboxylic acids is 1. The molecule has 1 amide bonds. The normalized spacial score (nSPS) is 10.7. The van der Waals surface area contributed by atoms with Gasteiger partial charge in [-0.1, -0.05) is 108 Å². The minimum absolute atomic E-state index is 0. The third-order valence-corrected chi connectivity index (χ3v) is 6.88. The van der Waals surface area contributed by atoms with E-state index >= 15 is 0 Å². The first-order valence-corrected chi connectivity index (χ1v) is 14.7. The lowest BCUT2D eigenvalue weighted by molar-refractivity contribution is -0.704. The molecule has 0 aliphatic heterocycles. The number of aryl methyl sites for hydroxylation is 1. The first-order valence-electron chi connectivity index (χ1n) is 14.3. The molecule has 4 nitrogen and oxygen atoms in total. The monoisotopic (exact) mass is 642 g/mol. The summed E-state index contributed by atoms with van der Waals surface area (Å²) in [6, 6.07) is 11.7. The molecule has 1 aromatic carbocycles. The van der Waals surface area contributed by atoms with E-state index in [0.717, 1.165) is 30.6 Å². The number of carbonyl (C=O) groups is 1. The minimum Gasteiger partial charge on any atom is -1.00 e. The molecule has 0 aliphatic rings. The van der Waals surface area contributed by atoms with Crippen LogP contribution in [-0.2, 0) is 24.3 Å². The van der Waals surface area contributed by atoms with E-state index in [-0.39, 0.29) is 29.9 Å². The number of hydrogen-bond acceptors (Lipinski definition) is 2. The molecule has 1 heterocycles. The number of halogens is 2. The van der Waals surface area contributed by atoms with Gasteiger partial charge in [0.1, 0.15) is 18.8 Å². The Hall–Kier alpha value is -1.34. The van der Waals surface area contributed by atoms with E-state index in [4.69, 9.17) is 16.3 Å². The van der Waals surface area contributed by atoms with E-state index in [1.54, 1.807) is 0 Å². The van der Waals surface area contributed by atoms with Crippen LogP contribution in [0.15, 0.2) is 42.6 Å². The van der Waals surface area contributed by atoms with Crippen LogP contribution >= 0.6 is 11.6 Å². The summed E-state index contributed by atoms with van der Waals surface area (Å²) in [4.78, 5) is 12.5. The second-order valence-electron chi connectivity index (χ2n) is 9.84. The lowest BCUT2D eigenvalue weighted by Gasteiger charge is -2.10. The zero-order valence-corrected chi connectivity index (χ0v) is 26.0. The van der Waals surface area contributed by atoms with Crippen molar-refractivity contribution in [1.29, 1.82) is 0 Å². The summed E-state index contributed by atoms with van der Waals surface area (Å²) in [7, 11) is 0. The molecule has 0 aliphatic carbocycles. The van der Waals surface area contributed by atoms with E-state index in [9.17, 15) is 4.79 Å². The zero-order valence-electron chi connectivity index (χ0n) is 23.1. The molecule has 208 valence electrons. The summed E-state index contributed by atoms with van der Waals surface area (Å²) in [5.41, 5.74) is 2.00. The third-order valence-electron chi connectivity index (χ3n) is 6.58. The average Bonchev–Trinajstić information content (AvgIpc) is 2.87. The highest BCUT2D eigenvalue weighted by Crippen LogP contribution is 2.26. The maximum absolute atomic E-state index is 12.5. The molecular weight excluding hydrogens is 595 g/mol. The van der Waals surface area contributed by atoms with Gasteiger partial charge in [0.2, 0.25) is 11.6 Å². The van der Waals surface area contributed by atoms with E-state index in [0.29, 0.717) is 30.3 Å². The minimum atomic E-state index is -0.0110. The van der Waals surface area contributed by atoms with Crippen molar-refractivity contribution in [3.8, 4) is 5.75 Å². The first-order chi connectivity index (χ1) is 17.6. The fourth-order valence-electron chi connectivity index (χ4n) is 4.46. The van der Waals surface area contributed by atoms with Crippen LogP contribution in [0.2, 0.25) is 5.02 Å². The number of ether oxygens (including phenoxy) is 1. The predicted octanol–water partition coefficient (Wildman–Crippen LogP) is 4.98. The van der Waals surface area contributed by atoms with Gasteiger partial charge in [0.05, 0.1) is 18.1 Å². The van der Waals surface area contributed by atoms with E-state index in [1.807, 2.05) is 30.3 Å². The Morgan fingerprint density at radius 2 is 1.51 bits per heavy atom. The van der Waals surface area contributed by atoms with Gasteiger partial charge < -0.3 is 34.0 Å². The number of unbranched alkanes of at least 4 members (excludes halogenated alkanes) is 11. The van der Waals surface area contributed by atoms with Gasteiger partial charge in [-0.25, -0.2) is 4.57 Å². The number of nitrogens with zero attached hydrogens (tertiary/aromatic N) is 1. The van der Waals surface area contributed by atoms with Gasteiger partial charge in [-0.2, -0.15) is 0 Å². The average molecular weight is 643 g/mol. The Morgan fingerprint density at radius 3 is 2.14 bits per heavy atom. The van der Waals surface area contributed by atoms with Gasteiger partial charge >= 0.3 is 0 Å². The van der Waals surface area contributed by atoms with Crippen LogP contribution in [-0.4, -0.2) is 12.5 Å². The summed E-state index contributed by atoms with van der Waals surface area (Å²) in [5, 5.41) is 3.60. The molecule has 0 radical (unpaired) electrons. The van der Waals surface area contributed by atoms with Crippen molar-refractivity contribution < 1.29 is 38.1 Å². The second kappa shape index (κ2) is 21.6. The Labute approximate surface area is 247 Å². The van der Waals surface area contributed by atoms with Crippen molar-refractivity contribution in [1.82, 2.24) is 5.32 Å². The summed E-state index contributed by atoms with van der Waals surface area (Å²) in [6.07, 6.45) is 19.4. The highest BCUT2D eigenvalue weighted by atomic mass is 127. The van der Waals surface area contributed by atoms with Gasteiger partial charge in [-0.15, -0.1) is 0 Å². The van der Waals surface area contributed by atoms with Gasteiger partial charge in [0.15, 0.2) is 6.20 Å². The number of benzene rings is 1. The van der Waals surface area contributed by atoms with Crippen LogP contribution in [0.5, 0.6) is 5.75 Å². The second-order valence-corrected chi connectivity index (χ2v) is 10.2. The molecule has 0 bridgehead atoms. The summed E-state index contributed by atoms with van der Waals surface area (Å²) < 4.78 is 8.08. The smallest absolute Gasteiger partial charge is 0.224 e. The highest BCUT2D eigenvalue weighted by Gasteiger charge is 2.12. The van der Waals surface area contributed by atoms with Crippen LogP contribution in [0.1, 0.15) is 109 Å². The largest absolute Gasteiger partial charge is 1.00 e. The van der Waals surface area contributed by atoms with Crippen LogP contribution in [0.4, 0.5) is 0 Å². The lowest BCUT2D eigenvalue weighted by Crippen LogP contribution is -3.00. The quantitative estimate of drug-likeness (QED) is 0.126. The molecule has 2 rings (SSSR count). The molecule has 1 N–H and O–H groups in total. The van der Waals surface area contributed by atoms with Crippen molar-refractivity contribution in [3.05, 3.63) is 58.9 Å². The van der Waals surface area contributed by atoms with Crippen molar-refractivity contribution in [2.45, 2.75) is 117 Å². The number of rotatable bonds is 20. The van der Waals surface area contributed by atoms with Crippen molar-refractivity contribution in [2.75, 3.05) is 6.61 Å². The fraction of sp³-hybridized carbons (Fsp3) is 0.613. The topological polar surface area (TPSA) is 42.2 Å². The van der Waals surface area contributed by atoms with E-state index < -0.39 is 0 Å². The predicted molar refractivity (Wildman–Crippen MR) is 151 cm³/mol. The molecule has 0 fully saturated rings. The highest BCUT2D eigenvalue weighted by molar-refractivity contribution is 6.32. The van der Waals surface area contributed by atoms with Crippen LogP contribution in [0.25, 0.3) is 0 Å². The first kappa shape index (κ1) is 33.7. The number of pyridine rings is 1. The van der Waals surface area contributed by atoms with Gasteiger partial charge in [-0.3, -0.25) is 4.79 Å². The van der Waals surface area contributed by atoms with Crippen LogP contribution in [0, 0.1) is 0 Å². The van der Waals surface area contributed by atoms with Crippen molar-refractivity contribution in [2.24, 2.45) is 0 Å². The van der Waals surface area contributed by atoms with Gasteiger partial charge in [-0.05, 0) is 24.1 Å². The van der Waals surface area contributed by atoms with Gasteiger partial charge in [0.25, 0.3) is 0 Å². The summed E-state index contributed by atoms with van der Waals surface area (Å²) in [6.45, 7) is 6.58. The molecule has 0 atom stereocenters. The molecular formula is C31H48ClIN2O2. The Morgan fingerprint density at radius 1 is 0.865 bits per heavy atom. The molecule has 6 heteroatoms. The fourth-order valence-corrected chi connectivity index (χ4v) is 4.72. The summed E-state index contributed by atoms with van der Waals surface area (Å²) in [5.74, 6) is 0.692. The molecule has 0 spiro atoms. The third kappa shape index (κ3) is 15.0. The lowest BCUT2D eigenvalue weighted by atomic mass is 10.1. The van der Waals surface area contributed by atoms with Crippen LogP contribution < -0.4 is 38.6 Å². The van der Waals surface area contributed by atoms with Gasteiger partial charge in [0, 0.05) is 18.6 Å².